The molecule has 3 N–H and O–H groups in total. The number of fused-ring (bicyclic) bond motifs is 1. The Balaban J connectivity index is 1.73. The summed E-state index contributed by atoms with van der Waals surface area (Å²) in [6.45, 7) is 1.84. The zero-order chi connectivity index (χ0) is 14.7. The quantitative estimate of drug-likeness (QED) is 0.776. The number of hydrogen-bond donors (Lipinski definition) is 3. The van der Waals surface area contributed by atoms with Crippen molar-refractivity contribution >= 4 is 29.3 Å². The van der Waals surface area contributed by atoms with Gasteiger partial charge in [0.05, 0.1) is 5.69 Å². The van der Waals surface area contributed by atoms with Gasteiger partial charge in [-0.05, 0) is 37.6 Å². The van der Waals surface area contributed by atoms with Crippen LogP contribution in [0, 0.1) is 0 Å². The van der Waals surface area contributed by atoms with E-state index in [-0.39, 0.29) is 17.9 Å². The molecule has 1 unspecified atom stereocenters. The predicted octanol–water partition coefficient (Wildman–Crippen LogP) is 1.60. The summed E-state index contributed by atoms with van der Waals surface area (Å²) in [5.74, 6) is 0.711. The number of anilines is 1. The second-order valence-corrected chi connectivity index (χ2v) is 6.51. The number of benzene rings is 1. The molecule has 1 aromatic carbocycles. The molecule has 2 aliphatic rings. The molecule has 1 fully saturated rings. The fourth-order valence-corrected chi connectivity index (χ4v) is 3.54. The number of thioether (sulfide) groups is 1. The smallest absolute Gasteiger partial charge is 0.251 e. The lowest BCUT2D eigenvalue weighted by Crippen LogP contribution is -2.45. The number of carbonyl (C=O) groups is 2. The van der Waals surface area contributed by atoms with Crippen molar-refractivity contribution in [2.24, 2.45) is 0 Å². The van der Waals surface area contributed by atoms with Gasteiger partial charge in [-0.15, -0.1) is 11.8 Å². The summed E-state index contributed by atoms with van der Waals surface area (Å²) < 4.78 is 0. The summed E-state index contributed by atoms with van der Waals surface area (Å²) in [7, 11) is 0. The molecule has 112 valence electrons. The molecular formula is C15H19N3O2S. The van der Waals surface area contributed by atoms with Gasteiger partial charge in [0.15, 0.2) is 0 Å². The maximum absolute atomic E-state index is 12.3. The molecule has 5 nitrogen and oxygen atoms in total. The van der Waals surface area contributed by atoms with Crippen molar-refractivity contribution in [1.29, 1.82) is 0 Å². The van der Waals surface area contributed by atoms with Crippen LogP contribution in [0.5, 0.6) is 0 Å². The van der Waals surface area contributed by atoms with Crippen molar-refractivity contribution in [3.8, 4) is 0 Å². The number of hydrogen-bond acceptors (Lipinski definition) is 4. The lowest BCUT2D eigenvalue weighted by atomic mass is 10.1. The third kappa shape index (κ3) is 3.57. The molecular weight excluding hydrogens is 286 g/mol. The Hall–Kier alpha value is -1.53. The Morgan fingerprint density at radius 1 is 1.38 bits per heavy atom. The number of piperidine rings is 1. The summed E-state index contributed by atoms with van der Waals surface area (Å²) in [4.78, 5) is 24.9. The lowest BCUT2D eigenvalue weighted by molar-refractivity contribution is -0.115. The largest absolute Gasteiger partial charge is 0.348 e. The van der Waals surface area contributed by atoms with Gasteiger partial charge < -0.3 is 16.0 Å². The summed E-state index contributed by atoms with van der Waals surface area (Å²) in [5, 5.41) is 9.20. The minimum atomic E-state index is -0.0741. The topological polar surface area (TPSA) is 70.2 Å². The van der Waals surface area contributed by atoms with Crippen molar-refractivity contribution in [2.75, 3.05) is 24.2 Å². The molecule has 1 atom stereocenters. The van der Waals surface area contributed by atoms with Crippen LogP contribution in [0.4, 0.5) is 5.69 Å². The van der Waals surface area contributed by atoms with E-state index < -0.39 is 0 Å². The van der Waals surface area contributed by atoms with Crippen LogP contribution in [0.2, 0.25) is 0 Å². The molecule has 0 bridgehead atoms. The predicted molar refractivity (Wildman–Crippen MR) is 83.8 cm³/mol. The van der Waals surface area contributed by atoms with Gasteiger partial charge in [-0.2, -0.15) is 0 Å². The van der Waals surface area contributed by atoms with Gasteiger partial charge in [-0.25, -0.2) is 0 Å². The molecule has 0 saturated carbocycles. The molecule has 1 saturated heterocycles. The Kier molecular flexibility index (Phi) is 4.45. The van der Waals surface area contributed by atoms with E-state index in [1.54, 1.807) is 17.8 Å². The van der Waals surface area contributed by atoms with E-state index in [1.807, 2.05) is 12.1 Å². The molecule has 0 spiro atoms. The van der Waals surface area contributed by atoms with Crippen molar-refractivity contribution in [3.63, 3.8) is 0 Å². The number of carbonyl (C=O) groups excluding carboxylic acids is 2. The van der Waals surface area contributed by atoms with Crippen LogP contribution in [0.1, 0.15) is 29.6 Å². The fourth-order valence-electron chi connectivity index (χ4n) is 2.60. The second kappa shape index (κ2) is 6.49. The molecule has 0 aliphatic carbocycles. The summed E-state index contributed by atoms with van der Waals surface area (Å²) in [5.41, 5.74) is 1.35. The molecule has 0 aromatic heterocycles. The first-order valence-corrected chi connectivity index (χ1v) is 8.29. The maximum atomic E-state index is 12.3. The maximum Gasteiger partial charge on any atom is 0.251 e. The average Bonchev–Trinajstić information content (AvgIpc) is 2.68. The zero-order valence-corrected chi connectivity index (χ0v) is 12.6. The van der Waals surface area contributed by atoms with Crippen LogP contribution in [-0.2, 0) is 4.79 Å². The Morgan fingerprint density at radius 3 is 3.10 bits per heavy atom. The van der Waals surface area contributed by atoms with Crippen molar-refractivity contribution < 1.29 is 9.59 Å². The first-order valence-electron chi connectivity index (χ1n) is 7.30. The van der Waals surface area contributed by atoms with Crippen LogP contribution >= 0.6 is 11.8 Å². The normalized spacial score (nSPS) is 21.9. The van der Waals surface area contributed by atoms with E-state index in [0.717, 1.165) is 42.3 Å². The lowest BCUT2D eigenvalue weighted by Gasteiger charge is -2.24. The first-order chi connectivity index (χ1) is 10.2. The highest BCUT2D eigenvalue weighted by Crippen LogP contribution is 2.31. The van der Waals surface area contributed by atoms with Gasteiger partial charge in [-0.3, -0.25) is 9.59 Å². The first kappa shape index (κ1) is 14.4. The third-order valence-electron chi connectivity index (χ3n) is 3.73. The Bertz CT molecular complexity index is 556. The van der Waals surface area contributed by atoms with E-state index in [0.29, 0.717) is 12.0 Å². The molecule has 1 aromatic rings. The minimum Gasteiger partial charge on any atom is -0.348 e. The van der Waals surface area contributed by atoms with Crippen LogP contribution < -0.4 is 16.0 Å². The van der Waals surface area contributed by atoms with E-state index in [1.165, 1.54) is 0 Å². The van der Waals surface area contributed by atoms with Gasteiger partial charge in [0.1, 0.15) is 0 Å². The summed E-state index contributed by atoms with van der Waals surface area (Å²) in [6, 6.07) is 5.71. The Labute approximate surface area is 128 Å². The zero-order valence-electron chi connectivity index (χ0n) is 11.8. The molecule has 6 heteroatoms. The number of nitrogens with one attached hydrogen (secondary N) is 3. The van der Waals surface area contributed by atoms with Gasteiger partial charge in [0, 0.05) is 35.2 Å². The number of amides is 2. The van der Waals surface area contributed by atoms with Crippen molar-refractivity contribution in [1.82, 2.24) is 10.6 Å². The highest BCUT2D eigenvalue weighted by atomic mass is 32.2. The van der Waals surface area contributed by atoms with Gasteiger partial charge in [0.25, 0.3) is 5.91 Å². The molecule has 2 heterocycles. The van der Waals surface area contributed by atoms with Crippen LogP contribution in [-0.4, -0.2) is 36.7 Å². The monoisotopic (exact) mass is 305 g/mol. The van der Waals surface area contributed by atoms with Crippen LogP contribution in [0.25, 0.3) is 0 Å². The summed E-state index contributed by atoms with van der Waals surface area (Å²) in [6.07, 6.45) is 2.60. The third-order valence-corrected chi connectivity index (χ3v) is 4.81. The van der Waals surface area contributed by atoms with Crippen molar-refractivity contribution in [3.05, 3.63) is 23.8 Å². The SMILES string of the molecule is O=C1CCSc2ccc(C(=O)NC3CCCNC3)cc2N1. The van der Waals surface area contributed by atoms with Crippen LogP contribution in [0.3, 0.4) is 0 Å². The summed E-state index contributed by atoms with van der Waals surface area (Å²) >= 11 is 1.64. The van der Waals surface area contributed by atoms with Gasteiger partial charge >= 0.3 is 0 Å². The molecule has 21 heavy (non-hydrogen) atoms. The van der Waals surface area contributed by atoms with Gasteiger partial charge in [0.2, 0.25) is 5.91 Å². The van der Waals surface area contributed by atoms with E-state index >= 15 is 0 Å². The average molecular weight is 305 g/mol. The highest BCUT2D eigenvalue weighted by Gasteiger charge is 2.19. The second-order valence-electron chi connectivity index (χ2n) is 5.37. The van der Waals surface area contributed by atoms with Gasteiger partial charge in [-0.1, -0.05) is 0 Å². The minimum absolute atomic E-state index is 0.00953. The van der Waals surface area contributed by atoms with E-state index in [4.69, 9.17) is 0 Å². The van der Waals surface area contributed by atoms with Crippen molar-refractivity contribution in [2.45, 2.75) is 30.2 Å². The molecule has 3 rings (SSSR count). The fraction of sp³-hybridized carbons (Fsp3) is 0.467. The molecule has 2 aliphatic heterocycles. The number of rotatable bonds is 2. The van der Waals surface area contributed by atoms with E-state index in [2.05, 4.69) is 16.0 Å². The highest BCUT2D eigenvalue weighted by molar-refractivity contribution is 7.99. The van der Waals surface area contributed by atoms with Crippen LogP contribution in [0.15, 0.2) is 23.1 Å². The molecule has 2 amide bonds. The molecule has 0 radical (unpaired) electrons. The Morgan fingerprint density at radius 2 is 2.29 bits per heavy atom. The standard InChI is InChI=1S/C15H19N3O2S/c19-14-5-7-21-13-4-3-10(8-12(13)18-14)15(20)17-11-2-1-6-16-9-11/h3-4,8,11,16H,1-2,5-7,9H2,(H,17,20)(H,18,19). The van der Waals surface area contributed by atoms with E-state index in [9.17, 15) is 9.59 Å².